The first-order chi connectivity index (χ1) is 11.0. The molecular weight excluding hydrogens is 316 g/mol. The molecule has 1 atom stereocenters. The monoisotopic (exact) mass is 336 g/mol. The van der Waals surface area contributed by atoms with Crippen LogP contribution in [-0.2, 0) is 16.0 Å². The van der Waals surface area contributed by atoms with Crippen molar-refractivity contribution in [2.45, 2.75) is 25.8 Å². The van der Waals surface area contributed by atoms with E-state index in [4.69, 9.17) is 5.11 Å². The van der Waals surface area contributed by atoms with Gasteiger partial charge in [0.1, 0.15) is 6.04 Å². The summed E-state index contributed by atoms with van der Waals surface area (Å²) in [5, 5.41) is 11.7. The number of rotatable bonds is 6. The molecule has 124 valence electrons. The Labute approximate surface area is 139 Å². The van der Waals surface area contributed by atoms with Gasteiger partial charge in [-0.2, -0.15) is 0 Å². The lowest BCUT2D eigenvalue weighted by Gasteiger charge is -2.22. The van der Waals surface area contributed by atoms with Crippen molar-refractivity contribution >= 4 is 29.5 Å². The van der Waals surface area contributed by atoms with Crippen LogP contribution in [0.4, 0.5) is 0 Å². The van der Waals surface area contributed by atoms with Crippen LogP contribution < -0.4 is 5.32 Å². The second-order valence-corrected chi connectivity index (χ2v) is 6.28. The van der Waals surface area contributed by atoms with E-state index in [2.05, 4.69) is 5.32 Å². The molecule has 0 radical (unpaired) electrons. The maximum absolute atomic E-state index is 12.2. The predicted molar refractivity (Wildman–Crippen MR) is 88.4 cm³/mol. The van der Waals surface area contributed by atoms with E-state index in [1.54, 1.807) is 47.9 Å². The lowest BCUT2D eigenvalue weighted by Crippen LogP contribution is -2.47. The number of nitrogens with one attached hydrogen (secondary N) is 1. The molecule has 1 saturated heterocycles. The molecule has 7 heteroatoms. The molecule has 1 aromatic carbocycles. The van der Waals surface area contributed by atoms with Crippen LogP contribution in [0.1, 0.15) is 29.3 Å². The van der Waals surface area contributed by atoms with Crippen LogP contribution in [0.2, 0.25) is 0 Å². The fourth-order valence-electron chi connectivity index (χ4n) is 2.37. The highest BCUT2D eigenvalue weighted by Crippen LogP contribution is 2.21. The number of carboxylic acid groups (broad SMARTS) is 1. The fourth-order valence-corrected chi connectivity index (χ4v) is 3.55. The zero-order chi connectivity index (χ0) is 16.8. The van der Waals surface area contributed by atoms with Crippen LogP contribution >= 0.6 is 11.8 Å². The van der Waals surface area contributed by atoms with Crippen molar-refractivity contribution in [1.29, 1.82) is 0 Å². The first-order valence-electron chi connectivity index (χ1n) is 7.50. The van der Waals surface area contributed by atoms with Crippen LogP contribution in [0.5, 0.6) is 0 Å². The van der Waals surface area contributed by atoms with Crippen LogP contribution in [0, 0.1) is 0 Å². The normalized spacial score (nSPS) is 17.1. The Kier molecular flexibility index (Phi) is 6.04. The van der Waals surface area contributed by atoms with Gasteiger partial charge < -0.3 is 15.3 Å². The summed E-state index contributed by atoms with van der Waals surface area (Å²) in [6.45, 7) is 2.25. The molecule has 1 aliphatic rings. The summed E-state index contributed by atoms with van der Waals surface area (Å²) < 4.78 is 0. The molecule has 1 aliphatic heterocycles. The summed E-state index contributed by atoms with van der Waals surface area (Å²) in [6, 6.07) is 6.20. The van der Waals surface area contributed by atoms with Gasteiger partial charge in [0.05, 0.1) is 11.4 Å². The third kappa shape index (κ3) is 4.48. The van der Waals surface area contributed by atoms with Gasteiger partial charge in [-0.05, 0) is 24.1 Å². The number of nitrogens with zero attached hydrogens (tertiary/aromatic N) is 1. The maximum Gasteiger partial charge on any atom is 0.335 e. The van der Waals surface area contributed by atoms with Crippen LogP contribution in [0.3, 0.4) is 0 Å². The first-order valence-corrected chi connectivity index (χ1v) is 8.65. The Morgan fingerprint density at radius 1 is 1.30 bits per heavy atom. The highest BCUT2D eigenvalue weighted by molar-refractivity contribution is 7.99. The Balaban J connectivity index is 1.82. The van der Waals surface area contributed by atoms with Crippen molar-refractivity contribution in [3.05, 3.63) is 35.4 Å². The minimum Gasteiger partial charge on any atom is -0.478 e. The smallest absolute Gasteiger partial charge is 0.335 e. The molecule has 1 heterocycles. The zero-order valence-electron chi connectivity index (χ0n) is 12.9. The number of thioether (sulfide) groups is 1. The summed E-state index contributed by atoms with van der Waals surface area (Å²) in [7, 11) is 0. The van der Waals surface area contributed by atoms with E-state index in [0.717, 1.165) is 5.56 Å². The number of amides is 2. The summed E-state index contributed by atoms with van der Waals surface area (Å²) in [5.74, 6) is 0.120. The van der Waals surface area contributed by atoms with Crippen molar-refractivity contribution in [2.75, 3.05) is 18.2 Å². The molecule has 1 unspecified atom stereocenters. The van der Waals surface area contributed by atoms with Gasteiger partial charge in [-0.3, -0.25) is 9.59 Å². The first kappa shape index (κ1) is 17.3. The second kappa shape index (κ2) is 8.01. The Morgan fingerprint density at radius 3 is 2.61 bits per heavy atom. The number of carbonyl (C=O) groups is 3. The number of hydrogen-bond donors (Lipinski definition) is 2. The van der Waals surface area contributed by atoms with Crippen molar-refractivity contribution in [3.63, 3.8) is 0 Å². The van der Waals surface area contributed by atoms with E-state index in [-0.39, 0.29) is 23.4 Å². The molecule has 2 rings (SSSR count). The fraction of sp³-hybridized carbons (Fsp3) is 0.438. The van der Waals surface area contributed by atoms with E-state index in [0.29, 0.717) is 31.0 Å². The quantitative estimate of drug-likeness (QED) is 0.819. The van der Waals surface area contributed by atoms with Gasteiger partial charge in [0.25, 0.3) is 0 Å². The second-order valence-electron chi connectivity index (χ2n) is 5.28. The number of carboxylic acids is 1. The molecule has 1 aromatic rings. The average molecular weight is 336 g/mol. The maximum atomic E-state index is 12.2. The largest absolute Gasteiger partial charge is 0.478 e. The summed E-state index contributed by atoms with van der Waals surface area (Å²) in [6.07, 6.45) is 1.02. The molecule has 2 amide bonds. The molecule has 0 saturated carbocycles. The Morgan fingerprint density at radius 2 is 2.00 bits per heavy atom. The molecule has 0 aromatic heterocycles. The third-order valence-electron chi connectivity index (χ3n) is 3.72. The topological polar surface area (TPSA) is 86.7 Å². The molecule has 0 aliphatic carbocycles. The molecule has 23 heavy (non-hydrogen) atoms. The van der Waals surface area contributed by atoms with Crippen LogP contribution in [0.25, 0.3) is 0 Å². The summed E-state index contributed by atoms with van der Waals surface area (Å²) >= 11 is 1.59. The minimum absolute atomic E-state index is 0.000547. The van der Waals surface area contributed by atoms with Crippen LogP contribution in [-0.4, -0.2) is 52.0 Å². The van der Waals surface area contributed by atoms with Gasteiger partial charge in [-0.1, -0.05) is 19.1 Å². The van der Waals surface area contributed by atoms with Gasteiger partial charge in [-0.25, -0.2) is 4.79 Å². The van der Waals surface area contributed by atoms with E-state index in [9.17, 15) is 14.4 Å². The third-order valence-corrected chi connectivity index (χ3v) is 4.73. The van der Waals surface area contributed by atoms with Crippen LogP contribution in [0.15, 0.2) is 24.3 Å². The van der Waals surface area contributed by atoms with Gasteiger partial charge in [-0.15, -0.1) is 11.8 Å². The van der Waals surface area contributed by atoms with Crippen molar-refractivity contribution < 1.29 is 19.5 Å². The highest BCUT2D eigenvalue weighted by Gasteiger charge is 2.33. The standard InChI is InChI=1S/C16H20N2O4S/c1-2-14(19)18-10-23-9-13(18)15(20)17-8-7-11-3-5-12(6-4-11)16(21)22/h3-6,13H,2,7-10H2,1H3,(H,17,20)(H,21,22). The molecule has 0 spiro atoms. The SMILES string of the molecule is CCC(=O)N1CSCC1C(=O)NCCc1ccc(C(=O)O)cc1. The van der Waals surface area contributed by atoms with E-state index in [1.165, 1.54) is 0 Å². The van der Waals surface area contributed by atoms with Gasteiger partial charge in [0.2, 0.25) is 11.8 Å². The Bertz CT molecular complexity index is 588. The van der Waals surface area contributed by atoms with E-state index < -0.39 is 5.97 Å². The lowest BCUT2D eigenvalue weighted by atomic mass is 10.1. The average Bonchev–Trinajstić information content (AvgIpc) is 3.04. The Hall–Kier alpha value is -2.02. The molecule has 6 nitrogen and oxygen atoms in total. The van der Waals surface area contributed by atoms with Gasteiger partial charge in [0.15, 0.2) is 0 Å². The highest BCUT2D eigenvalue weighted by atomic mass is 32.2. The summed E-state index contributed by atoms with van der Waals surface area (Å²) in [4.78, 5) is 36.4. The van der Waals surface area contributed by atoms with Crippen molar-refractivity contribution in [3.8, 4) is 0 Å². The lowest BCUT2D eigenvalue weighted by molar-refractivity contribution is -0.137. The molecule has 1 fully saturated rings. The number of benzene rings is 1. The van der Waals surface area contributed by atoms with E-state index >= 15 is 0 Å². The zero-order valence-corrected chi connectivity index (χ0v) is 13.8. The molecule has 2 N–H and O–H groups in total. The van der Waals surface area contributed by atoms with Crippen molar-refractivity contribution in [2.24, 2.45) is 0 Å². The molecule has 0 bridgehead atoms. The van der Waals surface area contributed by atoms with Gasteiger partial charge in [0, 0.05) is 18.7 Å². The minimum atomic E-state index is -0.954. The number of hydrogen-bond acceptors (Lipinski definition) is 4. The summed E-state index contributed by atoms with van der Waals surface area (Å²) in [5.41, 5.74) is 1.20. The van der Waals surface area contributed by atoms with Gasteiger partial charge >= 0.3 is 5.97 Å². The predicted octanol–water partition coefficient (Wildman–Crippen LogP) is 1.35. The van der Waals surface area contributed by atoms with E-state index in [1.807, 2.05) is 0 Å². The van der Waals surface area contributed by atoms with Crippen molar-refractivity contribution in [1.82, 2.24) is 10.2 Å². The number of aromatic carboxylic acids is 1. The number of carbonyl (C=O) groups excluding carboxylic acids is 2. The molecular formula is C16H20N2O4S.